The van der Waals surface area contributed by atoms with E-state index in [2.05, 4.69) is 10.3 Å². The highest BCUT2D eigenvalue weighted by molar-refractivity contribution is 6.04. The number of hydrogen-bond acceptors (Lipinski definition) is 7. The molecule has 214 valence electrons. The van der Waals surface area contributed by atoms with Gasteiger partial charge in [0.25, 0.3) is 5.91 Å². The van der Waals surface area contributed by atoms with Crippen LogP contribution in [0.5, 0.6) is 23.0 Å². The Labute approximate surface area is 230 Å². The van der Waals surface area contributed by atoms with Gasteiger partial charge in [-0.05, 0) is 54.6 Å². The fraction of sp³-hybridized carbons (Fsp3) is 0.179. The van der Waals surface area contributed by atoms with Crippen molar-refractivity contribution in [2.24, 2.45) is 5.73 Å². The summed E-state index contributed by atoms with van der Waals surface area (Å²) in [5.74, 6) is -1.84. The smallest absolute Gasteiger partial charge is 0.416 e. The van der Waals surface area contributed by atoms with Gasteiger partial charge in [0.15, 0.2) is 11.5 Å². The Balaban J connectivity index is 1.49. The molecular weight excluding hydrogens is 550 g/mol. The fourth-order valence-electron chi connectivity index (χ4n) is 3.72. The molecule has 3 aromatic carbocycles. The van der Waals surface area contributed by atoms with Crippen molar-refractivity contribution in [3.05, 3.63) is 83.8 Å². The standard InChI is InChI=1S/C28H23F4N3O6/c1-39-24-13-19-22(14-25(24)40-11-9-21(33)27(37)38)34-10-8-23(19)41-17-5-3-16(4-6-17)35-26(36)18-12-15(28(30,31)32)2-7-20(18)29/h2-8,10,12-14,21H,9,11,33H2,1H3,(H,35,36)(H,37,38)/t21-/m0/s1. The molecule has 0 fully saturated rings. The Hall–Kier alpha value is -4.91. The van der Waals surface area contributed by atoms with Crippen molar-refractivity contribution in [3.8, 4) is 23.0 Å². The van der Waals surface area contributed by atoms with E-state index in [9.17, 15) is 27.2 Å². The number of fused-ring (bicyclic) bond motifs is 1. The van der Waals surface area contributed by atoms with Crippen molar-refractivity contribution >= 4 is 28.5 Å². The summed E-state index contributed by atoms with van der Waals surface area (Å²) in [5.41, 5.74) is 4.31. The lowest BCUT2D eigenvalue weighted by atomic mass is 10.1. The molecule has 0 spiro atoms. The molecule has 0 aliphatic heterocycles. The minimum absolute atomic E-state index is 0.0365. The third-order valence-electron chi connectivity index (χ3n) is 5.87. The van der Waals surface area contributed by atoms with Crippen molar-refractivity contribution in [2.45, 2.75) is 18.6 Å². The van der Waals surface area contributed by atoms with E-state index in [0.29, 0.717) is 52.1 Å². The molecule has 1 aromatic heterocycles. The normalized spacial score (nSPS) is 12.0. The van der Waals surface area contributed by atoms with Crippen LogP contribution in [0.25, 0.3) is 10.9 Å². The zero-order valence-electron chi connectivity index (χ0n) is 21.4. The summed E-state index contributed by atoms with van der Waals surface area (Å²) in [6.07, 6.45) is -3.14. The molecule has 13 heteroatoms. The van der Waals surface area contributed by atoms with Crippen molar-refractivity contribution < 1.29 is 46.5 Å². The van der Waals surface area contributed by atoms with Crippen LogP contribution in [0.4, 0.5) is 23.2 Å². The summed E-state index contributed by atoms with van der Waals surface area (Å²) in [4.78, 5) is 27.7. The maximum atomic E-state index is 14.0. The predicted molar refractivity (Wildman–Crippen MR) is 140 cm³/mol. The van der Waals surface area contributed by atoms with Gasteiger partial charge in [0.2, 0.25) is 0 Å². The molecule has 0 saturated carbocycles. The number of nitrogens with one attached hydrogen (secondary N) is 1. The zero-order valence-corrected chi connectivity index (χ0v) is 21.4. The number of nitrogens with zero attached hydrogens (tertiary/aromatic N) is 1. The molecule has 4 aromatic rings. The first kappa shape index (κ1) is 29.1. The average molecular weight is 573 g/mol. The second-order valence-corrected chi connectivity index (χ2v) is 8.68. The summed E-state index contributed by atoms with van der Waals surface area (Å²) in [7, 11) is 1.44. The number of pyridine rings is 1. The number of hydrogen-bond donors (Lipinski definition) is 3. The number of nitrogens with two attached hydrogens (primary N) is 1. The van der Waals surface area contributed by atoms with Gasteiger partial charge < -0.3 is 30.4 Å². The molecule has 41 heavy (non-hydrogen) atoms. The van der Waals surface area contributed by atoms with Gasteiger partial charge in [0.05, 0.1) is 30.4 Å². The molecule has 4 N–H and O–H groups in total. The summed E-state index contributed by atoms with van der Waals surface area (Å²) < 4.78 is 70.0. The van der Waals surface area contributed by atoms with E-state index in [1.165, 1.54) is 37.6 Å². The summed E-state index contributed by atoms with van der Waals surface area (Å²) >= 11 is 0. The second-order valence-electron chi connectivity index (χ2n) is 8.68. The van der Waals surface area contributed by atoms with Crippen LogP contribution in [-0.4, -0.2) is 41.7 Å². The third kappa shape index (κ3) is 7.00. The number of carboxylic acid groups (broad SMARTS) is 1. The number of methoxy groups -OCH3 is 1. The van der Waals surface area contributed by atoms with Gasteiger partial charge in [-0.25, -0.2) is 4.39 Å². The second kappa shape index (κ2) is 12.1. The number of carbonyl (C=O) groups excluding carboxylic acids is 1. The zero-order chi connectivity index (χ0) is 29.7. The van der Waals surface area contributed by atoms with Gasteiger partial charge in [-0.3, -0.25) is 14.6 Å². The number of amides is 1. The van der Waals surface area contributed by atoms with Crippen molar-refractivity contribution in [3.63, 3.8) is 0 Å². The van der Waals surface area contributed by atoms with E-state index < -0.39 is 41.0 Å². The van der Waals surface area contributed by atoms with E-state index in [0.717, 1.165) is 0 Å². The molecule has 0 unspecified atom stereocenters. The SMILES string of the molecule is COc1cc2c(Oc3ccc(NC(=O)c4cc(C(F)(F)F)ccc4F)cc3)ccnc2cc1OCC[C@H](N)C(=O)O. The van der Waals surface area contributed by atoms with E-state index in [-0.39, 0.29) is 18.7 Å². The lowest BCUT2D eigenvalue weighted by molar-refractivity contribution is -0.139. The van der Waals surface area contributed by atoms with Crippen LogP contribution in [-0.2, 0) is 11.0 Å². The fourth-order valence-corrected chi connectivity index (χ4v) is 3.72. The van der Waals surface area contributed by atoms with Crippen molar-refractivity contribution in [2.75, 3.05) is 19.0 Å². The first-order valence-corrected chi connectivity index (χ1v) is 12.0. The number of halogens is 4. The highest BCUT2D eigenvalue weighted by atomic mass is 19.4. The molecule has 0 bridgehead atoms. The predicted octanol–water partition coefficient (Wildman–Crippen LogP) is 5.63. The van der Waals surface area contributed by atoms with Crippen LogP contribution in [0.2, 0.25) is 0 Å². The number of aromatic nitrogens is 1. The summed E-state index contributed by atoms with van der Waals surface area (Å²) in [5, 5.41) is 11.9. The van der Waals surface area contributed by atoms with Crippen molar-refractivity contribution in [1.82, 2.24) is 4.98 Å². The molecule has 9 nitrogen and oxygen atoms in total. The van der Waals surface area contributed by atoms with E-state index in [4.69, 9.17) is 25.1 Å². The number of aliphatic carboxylic acids is 1. The average Bonchev–Trinajstić information content (AvgIpc) is 2.93. The minimum atomic E-state index is -4.73. The van der Waals surface area contributed by atoms with Gasteiger partial charge in [0, 0.05) is 29.8 Å². The highest BCUT2D eigenvalue weighted by Gasteiger charge is 2.32. The Morgan fingerprint density at radius 2 is 1.76 bits per heavy atom. The van der Waals surface area contributed by atoms with Gasteiger partial charge >= 0.3 is 12.1 Å². The Bertz CT molecular complexity index is 1580. The van der Waals surface area contributed by atoms with Crippen LogP contribution in [0.15, 0.2) is 66.9 Å². The lowest BCUT2D eigenvalue weighted by Gasteiger charge is -2.15. The van der Waals surface area contributed by atoms with Crippen molar-refractivity contribution in [1.29, 1.82) is 0 Å². The van der Waals surface area contributed by atoms with Gasteiger partial charge in [-0.15, -0.1) is 0 Å². The molecule has 0 saturated heterocycles. The Morgan fingerprint density at radius 3 is 2.41 bits per heavy atom. The maximum absolute atomic E-state index is 14.0. The largest absolute Gasteiger partial charge is 0.493 e. The molecule has 0 aliphatic carbocycles. The number of ether oxygens (including phenoxy) is 3. The molecule has 0 aliphatic rings. The molecule has 0 radical (unpaired) electrons. The van der Waals surface area contributed by atoms with Gasteiger partial charge in [0.1, 0.15) is 23.4 Å². The highest BCUT2D eigenvalue weighted by Crippen LogP contribution is 2.37. The van der Waals surface area contributed by atoms with Gasteiger partial charge in [-0.2, -0.15) is 13.2 Å². The Kier molecular flexibility index (Phi) is 8.57. The minimum Gasteiger partial charge on any atom is -0.493 e. The quantitative estimate of drug-likeness (QED) is 0.208. The summed E-state index contributed by atoms with van der Waals surface area (Å²) in [6, 6.07) is 11.3. The van der Waals surface area contributed by atoms with E-state index in [1.54, 1.807) is 18.2 Å². The van der Waals surface area contributed by atoms with E-state index >= 15 is 0 Å². The number of benzene rings is 3. The Morgan fingerprint density at radius 1 is 1.02 bits per heavy atom. The molecule has 4 rings (SSSR count). The number of rotatable bonds is 10. The molecular formula is C28H23F4N3O6. The maximum Gasteiger partial charge on any atom is 0.416 e. The first-order valence-electron chi connectivity index (χ1n) is 12.0. The summed E-state index contributed by atoms with van der Waals surface area (Å²) in [6.45, 7) is 0.0365. The van der Waals surface area contributed by atoms with Crippen LogP contribution >= 0.6 is 0 Å². The number of anilines is 1. The van der Waals surface area contributed by atoms with Crippen LogP contribution < -0.4 is 25.3 Å². The van der Waals surface area contributed by atoms with E-state index in [1.807, 2.05) is 0 Å². The number of alkyl halides is 3. The van der Waals surface area contributed by atoms with Crippen LogP contribution in [0.1, 0.15) is 22.3 Å². The monoisotopic (exact) mass is 573 g/mol. The number of carboxylic acids is 1. The van der Waals surface area contributed by atoms with Gasteiger partial charge in [-0.1, -0.05) is 0 Å². The molecule has 1 amide bonds. The third-order valence-corrected chi connectivity index (χ3v) is 5.87. The topological polar surface area (TPSA) is 133 Å². The first-order chi connectivity index (χ1) is 19.5. The van der Waals surface area contributed by atoms with Crippen LogP contribution in [0.3, 0.4) is 0 Å². The lowest BCUT2D eigenvalue weighted by Crippen LogP contribution is -2.31. The van der Waals surface area contributed by atoms with Crippen LogP contribution in [0, 0.1) is 5.82 Å². The number of carbonyl (C=O) groups is 2. The molecule has 1 atom stereocenters. The molecule has 1 heterocycles.